The van der Waals surface area contributed by atoms with Gasteiger partial charge in [0, 0.05) is 13.5 Å². The molecule has 0 spiro atoms. The highest BCUT2D eigenvalue weighted by Gasteiger charge is 2.17. The van der Waals surface area contributed by atoms with E-state index in [4.69, 9.17) is 4.74 Å². The first-order valence-electron chi connectivity index (χ1n) is 7.54. The van der Waals surface area contributed by atoms with Gasteiger partial charge < -0.3 is 20.7 Å². The summed E-state index contributed by atoms with van der Waals surface area (Å²) in [5, 5.41) is 8.69. The van der Waals surface area contributed by atoms with Crippen molar-refractivity contribution in [1.82, 2.24) is 10.6 Å². The van der Waals surface area contributed by atoms with E-state index in [0.717, 1.165) is 25.9 Å². The molecule has 3 N–H and O–H groups in total. The maximum atomic E-state index is 12.1. The van der Waals surface area contributed by atoms with Crippen LogP contribution in [0.5, 0.6) is 5.75 Å². The summed E-state index contributed by atoms with van der Waals surface area (Å²) >= 11 is 0. The van der Waals surface area contributed by atoms with Gasteiger partial charge in [-0.1, -0.05) is 0 Å². The Balaban J connectivity index is 2.00. The highest BCUT2D eigenvalue weighted by molar-refractivity contribution is 6.04. The molecule has 6 nitrogen and oxygen atoms in total. The van der Waals surface area contributed by atoms with Gasteiger partial charge in [0.05, 0.1) is 18.4 Å². The SMILES string of the molecule is CNC(=O)c1cc(OC)ccc1NC(=O)CCC1CCNC1. The highest BCUT2D eigenvalue weighted by Crippen LogP contribution is 2.23. The Morgan fingerprint density at radius 1 is 1.41 bits per heavy atom. The monoisotopic (exact) mass is 305 g/mol. The Morgan fingerprint density at radius 3 is 2.86 bits per heavy atom. The van der Waals surface area contributed by atoms with E-state index in [0.29, 0.717) is 29.3 Å². The quantitative estimate of drug-likeness (QED) is 0.742. The Bertz CT molecular complexity index is 539. The zero-order valence-corrected chi connectivity index (χ0v) is 13.1. The first-order valence-corrected chi connectivity index (χ1v) is 7.54. The molecule has 0 aromatic heterocycles. The third kappa shape index (κ3) is 4.21. The van der Waals surface area contributed by atoms with Crippen molar-refractivity contribution >= 4 is 17.5 Å². The average molecular weight is 305 g/mol. The van der Waals surface area contributed by atoms with Crippen molar-refractivity contribution in [1.29, 1.82) is 0 Å². The topological polar surface area (TPSA) is 79.5 Å². The number of ether oxygens (including phenoxy) is 1. The Hall–Kier alpha value is -2.08. The third-order valence-electron chi connectivity index (χ3n) is 3.91. The molecule has 1 heterocycles. The van der Waals surface area contributed by atoms with Crippen LogP contribution in [0, 0.1) is 5.92 Å². The summed E-state index contributed by atoms with van der Waals surface area (Å²) in [6.07, 6.45) is 2.45. The van der Waals surface area contributed by atoms with Crippen LogP contribution in [0.2, 0.25) is 0 Å². The van der Waals surface area contributed by atoms with Crippen LogP contribution in [0.3, 0.4) is 0 Å². The number of amides is 2. The first-order chi connectivity index (χ1) is 10.6. The van der Waals surface area contributed by atoms with Crippen molar-refractivity contribution in [2.45, 2.75) is 19.3 Å². The lowest BCUT2D eigenvalue weighted by molar-refractivity contribution is -0.116. The van der Waals surface area contributed by atoms with Crippen molar-refractivity contribution in [3.63, 3.8) is 0 Å². The second kappa shape index (κ2) is 7.79. The number of hydrogen-bond acceptors (Lipinski definition) is 4. The van der Waals surface area contributed by atoms with Gasteiger partial charge in [0.2, 0.25) is 5.91 Å². The summed E-state index contributed by atoms with van der Waals surface area (Å²) in [4.78, 5) is 24.0. The van der Waals surface area contributed by atoms with E-state index in [1.54, 1.807) is 25.2 Å². The average Bonchev–Trinajstić information content (AvgIpc) is 3.06. The fourth-order valence-electron chi connectivity index (χ4n) is 2.59. The van der Waals surface area contributed by atoms with Gasteiger partial charge in [0.25, 0.3) is 5.91 Å². The zero-order valence-electron chi connectivity index (χ0n) is 13.1. The van der Waals surface area contributed by atoms with Crippen molar-refractivity contribution < 1.29 is 14.3 Å². The minimum absolute atomic E-state index is 0.0674. The van der Waals surface area contributed by atoms with Crippen LogP contribution in [-0.4, -0.2) is 39.1 Å². The highest BCUT2D eigenvalue weighted by atomic mass is 16.5. The normalized spacial score (nSPS) is 17.1. The minimum atomic E-state index is -0.255. The maximum Gasteiger partial charge on any atom is 0.253 e. The summed E-state index contributed by atoms with van der Waals surface area (Å²) in [5.74, 6) is 0.824. The van der Waals surface area contributed by atoms with Gasteiger partial charge >= 0.3 is 0 Å². The molecule has 2 rings (SSSR count). The Morgan fingerprint density at radius 2 is 2.23 bits per heavy atom. The number of anilines is 1. The second-order valence-corrected chi connectivity index (χ2v) is 5.44. The minimum Gasteiger partial charge on any atom is -0.497 e. The predicted molar refractivity (Wildman–Crippen MR) is 85.2 cm³/mol. The number of carbonyl (C=O) groups is 2. The molecule has 2 amide bonds. The largest absolute Gasteiger partial charge is 0.497 e. The molecule has 1 aliphatic rings. The van der Waals surface area contributed by atoms with Crippen molar-refractivity contribution in [3.05, 3.63) is 23.8 Å². The van der Waals surface area contributed by atoms with E-state index < -0.39 is 0 Å². The van der Waals surface area contributed by atoms with E-state index in [9.17, 15) is 9.59 Å². The lowest BCUT2D eigenvalue weighted by Crippen LogP contribution is -2.22. The molecule has 1 saturated heterocycles. The third-order valence-corrected chi connectivity index (χ3v) is 3.91. The van der Waals surface area contributed by atoms with Gasteiger partial charge in [-0.05, 0) is 50.0 Å². The molecule has 0 bridgehead atoms. The number of methoxy groups -OCH3 is 1. The van der Waals surface area contributed by atoms with E-state index in [1.807, 2.05) is 0 Å². The molecule has 1 aliphatic heterocycles. The molecule has 0 saturated carbocycles. The van der Waals surface area contributed by atoms with E-state index >= 15 is 0 Å². The summed E-state index contributed by atoms with van der Waals surface area (Å²) in [5.41, 5.74) is 0.910. The van der Waals surface area contributed by atoms with Crippen LogP contribution < -0.4 is 20.7 Å². The second-order valence-electron chi connectivity index (χ2n) is 5.44. The molecule has 0 radical (unpaired) electrons. The maximum absolute atomic E-state index is 12.1. The number of benzene rings is 1. The van der Waals surface area contributed by atoms with Gasteiger partial charge in [-0.3, -0.25) is 9.59 Å². The summed E-state index contributed by atoms with van der Waals surface area (Å²) in [7, 11) is 3.09. The molecule has 0 aliphatic carbocycles. The van der Waals surface area contributed by atoms with Crippen LogP contribution in [0.25, 0.3) is 0 Å². The zero-order chi connectivity index (χ0) is 15.9. The number of carbonyl (C=O) groups excluding carboxylic acids is 2. The molecular weight excluding hydrogens is 282 g/mol. The lowest BCUT2D eigenvalue weighted by atomic mass is 10.0. The Kier molecular flexibility index (Phi) is 5.77. The van der Waals surface area contributed by atoms with Gasteiger partial charge in [0.1, 0.15) is 5.75 Å². The Labute approximate surface area is 130 Å². The molecule has 1 aromatic rings. The van der Waals surface area contributed by atoms with Crippen LogP contribution >= 0.6 is 0 Å². The van der Waals surface area contributed by atoms with Crippen molar-refractivity contribution in [2.75, 3.05) is 32.6 Å². The van der Waals surface area contributed by atoms with Gasteiger partial charge in [0.15, 0.2) is 0 Å². The fourth-order valence-corrected chi connectivity index (χ4v) is 2.59. The van der Waals surface area contributed by atoms with Crippen molar-refractivity contribution in [2.24, 2.45) is 5.92 Å². The van der Waals surface area contributed by atoms with E-state index in [2.05, 4.69) is 16.0 Å². The summed E-state index contributed by atoms with van der Waals surface area (Å²) < 4.78 is 5.12. The van der Waals surface area contributed by atoms with Gasteiger partial charge in [-0.25, -0.2) is 0 Å². The standard InChI is InChI=1S/C16H23N3O3/c1-17-16(21)13-9-12(22-2)4-5-14(13)19-15(20)6-3-11-7-8-18-10-11/h4-5,9,11,18H,3,6-8,10H2,1-2H3,(H,17,21)(H,19,20). The smallest absolute Gasteiger partial charge is 0.253 e. The lowest BCUT2D eigenvalue weighted by Gasteiger charge is -2.13. The number of rotatable bonds is 6. The van der Waals surface area contributed by atoms with Crippen LogP contribution in [0.1, 0.15) is 29.6 Å². The van der Waals surface area contributed by atoms with Gasteiger partial charge in [-0.15, -0.1) is 0 Å². The predicted octanol–water partition coefficient (Wildman–Crippen LogP) is 1.38. The molecule has 1 unspecified atom stereocenters. The number of hydrogen-bond donors (Lipinski definition) is 3. The van der Waals surface area contributed by atoms with Crippen LogP contribution in [0.15, 0.2) is 18.2 Å². The van der Waals surface area contributed by atoms with Gasteiger partial charge in [-0.2, -0.15) is 0 Å². The molecule has 1 fully saturated rings. The van der Waals surface area contributed by atoms with E-state index in [1.165, 1.54) is 7.11 Å². The molecule has 1 atom stereocenters. The molecule has 1 aromatic carbocycles. The van der Waals surface area contributed by atoms with Crippen molar-refractivity contribution in [3.8, 4) is 5.75 Å². The van der Waals surface area contributed by atoms with E-state index in [-0.39, 0.29) is 11.8 Å². The summed E-state index contributed by atoms with van der Waals surface area (Å²) in [6.45, 7) is 2.02. The summed E-state index contributed by atoms with van der Waals surface area (Å²) in [6, 6.07) is 5.04. The number of nitrogens with one attached hydrogen (secondary N) is 3. The molecule has 22 heavy (non-hydrogen) atoms. The fraction of sp³-hybridized carbons (Fsp3) is 0.500. The van der Waals surface area contributed by atoms with Crippen LogP contribution in [-0.2, 0) is 4.79 Å². The molecular formula is C16H23N3O3. The first kappa shape index (κ1) is 16.3. The van der Waals surface area contributed by atoms with Crippen LogP contribution in [0.4, 0.5) is 5.69 Å². The molecule has 6 heteroatoms. The molecule has 120 valence electrons.